The number of likely N-dealkylation sites (tertiary alicyclic amines) is 1. The molecule has 0 bridgehead atoms. The normalized spacial score (nSPS) is 18.8. The lowest BCUT2D eigenvalue weighted by atomic mass is 10.0. The van der Waals surface area contributed by atoms with Crippen LogP contribution in [0.5, 0.6) is 0 Å². The van der Waals surface area contributed by atoms with E-state index in [9.17, 15) is 18.0 Å². The Labute approximate surface area is 166 Å². The lowest BCUT2D eigenvalue weighted by Crippen LogP contribution is -2.46. The molecule has 0 unspecified atom stereocenters. The largest absolute Gasteiger partial charge is 0.433 e. The second-order valence-electron chi connectivity index (χ2n) is 7.72. The number of alkyl halides is 3. The second kappa shape index (κ2) is 7.74. The van der Waals surface area contributed by atoms with E-state index in [1.54, 1.807) is 13.2 Å². The number of hydrogen-bond acceptors (Lipinski definition) is 6. The molecule has 1 aliphatic carbocycles. The third-order valence-electron chi connectivity index (χ3n) is 5.52. The van der Waals surface area contributed by atoms with E-state index >= 15 is 0 Å². The Morgan fingerprint density at radius 3 is 2.45 bits per heavy atom. The Morgan fingerprint density at radius 2 is 1.83 bits per heavy atom. The van der Waals surface area contributed by atoms with Gasteiger partial charge in [-0.15, -0.1) is 0 Å². The van der Waals surface area contributed by atoms with Gasteiger partial charge in [0.25, 0.3) is 0 Å². The fraction of sp³-hybridized carbons (Fsp3) is 0.579. The van der Waals surface area contributed by atoms with Gasteiger partial charge in [0.2, 0.25) is 0 Å². The maximum absolute atomic E-state index is 13.1. The number of piperidine rings is 1. The molecule has 0 atom stereocenters. The maximum atomic E-state index is 13.1. The maximum Gasteiger partial charge on any atom is 0.433 e. The van der Waals surface area contributed by atoms with Crippen LogP contribution in [0.15, 0.2) is 29.5 Å². The van der Waals surface area contributed by atoms with Crippen LogP contribution in [0.25, 0.3) is 0 Å². The highest BCUT2D eigenvalue weighted by Gasteiger charge is 2.38. The minimum absolute atomic E-state index is 0.145. The molecule has 0 amide bonds. The van der Waals surface area contributed by atoms with E-state index < -0.39 is 11.9 Å². The summed E-state index contributed by atoms with van der Waals surface area (Å²) in [5.74, 6) is 0.362. The zero-order valence-corrected chi connectivity index (χ0v) is 16.1. The predicted molar refractivity (Wildman–Crippen MR) is 100 cm³/mol. The topological polar surface area (TPSA) is 67.2 Å². The van der Waals surface area contributed by atoms with Gasteiger partial charge in [-0.3, -0.25) is 4.90 Å². The van der Waals surface area contributed by atoms with Crippen molar-refractivity contribution in [2.75, 3.05) is 18.0 Å². The third kappa shape index (κ3) is 4.58. The number of aryl methyl sites for hydroxylation is 1. The molecule has 7 nitrogen and oxygen atoms in total. The Hall–Kier alpha value is -2.49. The Balaban J connectivity index is 1.43. The highest BCUT2D eigenvalue weighted by atomic mass is 19.4. The quantitative estimate of drug-likeness (QED) is 0.756. The summed E-state index contributed by atoms with van der Waals surface area (Å²) in [6, 6.07) is 3.30. The summed E-state index contributed by atoms with van der Waals surface area (Å²) in [6.07, 6.45) is 1.84. The van der Waals surface area contributed by atoms with Crippen LogP contribution >= 0.6 is 0 Å². The first kappa shape index (κ1) is 19.8. The highest BCUT2D eigenvalue weighted by molar-refractivity contribution is 5.44. The van der Waals surface area contributed by atoms with Crippen molar-refractivity contribution in [2.45, 2.75) is 50.5 Å². The van der Waals surface area contributed by atoms with Gasteiger partial charge in [0.15, 0.2) is 0 Å². The summed E-state index contributed by atoms with van der Waals surface area (Å²) >= 11 is 0. The summed E-state index contributed by atoms with van der Waals surface area (Å²) < 4.78 is 40.6. The van der Waals surface area contributed by atoms with Crippen molar-refractivity contribution in [3.8, 4) is 0 Å². The van der Waals surface area contributed by atoms with Crippen LogP contribution in [0, 0.1) is 0 Å². The van der Waals surface area contributed by atoms with Gasteiger partial charge in [0, 0.05) is 51.0 Å². The van der Waals surface area contributed by atoms with Crippen LogP contribution in [-0.4, -0.2) is 49.6 Å². The fourth-order valence-corrected chi connectivity index (χ4v) is 3.84. The molecule has 2 fully saturated rings. The van der Waals surface area contributed by atoms with Crippen LogP contribution < -0.4 is 10.6 Å². The summed E-state index contributed by atoms with van der Waals surface area (Å²) in [6.45, 7) is 2.18. The summed E-state index contributed by atoms with van der Waals surface area (Å²) in [4.78, 5) is 27.6. The fourth-order valence-electron chi connectivity index (χ4n) is 3.84. The molecule has 3 heterocycles. The van der Waals surface area contributed by atoms with E-state index in [0.717, 1.165) is 56.9 Å². The summed E-state index contributed by atoms with van der Waals surface area (Å²) in [5, 5.41) is 0. The number of halogens is 3. The molecule has 1 saturated heterocycles. The minimum Gasteiger partial charge on any atom is -0.350 e. The van der Waals surface area contributed by atoms with Crippen molar-refractivity contribution in [2.24, 2.45) is 7.05 Å². The zero-order chi connectivity index (χ0) is 20.6. The predicted octanol–water partition coefficient (Wildman–Crippen LogP) is 2.22. The summed E-state index contributed by atoms with van der Waals surface area (Å²) in [7, 11) is 1.66. The zero-order valence-electron chi connectivity index (χ0n) is 16.1. The molecule has 10 heteroatoms. The molecule has 2 aliphatic rings. The van der Waals surface area contributed by atoms with E-state index in [0.29, 0.717) is 12.4 Å². The van der Waals surface area contributed by atoms with Gasteiger partial charge in [-0.25, -0.2) is 14.8 Å². The summed E-state index contributed by atoms with van der Waals surface area (Å²) in [5.41, 5.74) is -0.444. The number of anilines is 1. The molecule has 0 spiro atoms. The van der Waals surface area contributed by atoms with E-state index in [2.05, 4.69) is 24.8 Å². The monoisotopic (exact) mass is 408 g/mol. The molecule has 0 N–H and O–H groups in total. The van der Waals surface area contributed by atoms with E-state index in [4.69, 9.17) is 0 Å². The molecule has 0 radical (unpaired) electrons. The Kier molecular flexibility index (Phi) is 5.28. The van der Waals surface area contributed by atoms with Crippen molar-refractivity contribution in [1.82, 2.24) is 24.4 Å². The number of nitrogens with zero attached hydrogens (tertiary/aromatic N) is 6. The van der Waals surface area contributed by atoms with Crippen molar-refractivity contribution in [3.63, 3.8) is 0 Å². The molecule has 2 aromatic heterocycles. The van der Waals surface area contributed by atoms with Gasteiger partial charge in [-0.2, -0.15) is 18.2 Å². The molecule has 1 saturated carbocycles. The molecular weight excluding hydrogens is 385 g/mol. The smallest absolute Gasteiger partial charge is 0.350 e. The SMILES string of the molecule is Cn1ccc(CN2CCC(N(c3cc(C(F)(F)F)ncn3)C3CC3)CC2)nc1=O. The second-order valence-corrected chi connectivity index (χ2v) is 7.72. The molecule has 29 heavy (non-hydrogen) atoms. The molecule has 2 aromatic rings. The first-order chi connectivity index (χ1) is 13.8. The van der Waals surface area contributed by atoms with Gasteiger partial charge in [-0.1, -0.05) is 0 Å². The van der Waals surface area contributed by atoms with Crippen LogP contribution in [0.4, 0.5) is 19.0 Å². The van der Waals surface area contributed by atoms with Crippen molar-refractivity contribution < 1.29 is 13.2 Å². The Bertz CT molecular complexity index is 919. The van der Waals surface area contributed by atoms with Gasteiger partial charge in [0.1, 0.15) is 17.8 Å². The van der Waals surface area contributed by atoms with Gasteiger partial charge < -0.3 is 9.47 Å². The lowest BCUT2D eigenvalue weighted by Gasteiger charge is -2.39. The highest BCUT2D eigenvalue weighted by Crippen LogP contribution is 2.37. The minimum atomic E-state index is -4.48. The van der Waals surface area contributed by atoms with E-state index in [-0.39, 0.29) is 17.8 Å². The average Bonchev–Trinajstić information content (AvgIpc) is 3.51. The third-order valence-corrected chi connectivity index (χ3v) is 5.52. The number of aromatic nitrogens is 4. The van der Waals surface area contributed by atoms with Gasteiger partial charge in [0.05, 0.1) is 5.69 Å². The molecule has 0 aromatic carbocycles. The van der Waals surface area contributed by atoms with Crippen molar-refractivity contribution in [3.05, 3.63) is 46.5 Å². The van der Waals surface area contributed by atoms with Crippen LogP contribution in [0.3, 0.4) is 0 Å². The molecule has 4 rings (SSSR count). The lowest BCUT2D eigenvalue weighted by molar-refractivity contribution is -0.141. The van der Waals surface area contributed by atoms with E-state index in [1.807, 2.05) is 6.07 Å². The first-order valence-electron chi connectivity index (χ1n) is 9.74. The first-order valence-corrected chi connectivity index (χ1v) is 9.74. The van der Waals surface area contributed by atoms with Gasteiger partial charge in [-0.05, 0) is 31.7 Å². The molecular formula is C19H23F3N6O. The molecule has 1 aliphatic heterocycles. The van der Waals surface area contributed by atoms with Gasteiger partial charge >= 0.3 is 11.9 Å². The standard InChI is InChI=1S/C19H23F3N6O/c1-26-7-4-13(25-18(26)29)11-27-8-5-15(6-9-27)28(14-2-3-14)17-10-16(19(20,21)22)23-12-24-17/h4,7,10,12,14-15H,2-3,5-6,8-9,11H2,1H3. The van der Waals surface area contributed by atoms with Crippen LogP contribution in [0.2, 0.25) is 0 Å². The molecule has 156 valence electrons. The van der Waals surface area contributed by atoms with E-state index in [1.165, 1.54) is 4.57 Å². The number of hydrogen-bond donors (Lipinski definition) is 0. The van der Waals surface area contributed by atoms with Crippen molar-refractivity contribution in [1.29, 1.82) is 0 Å². The van der Waals surface area contributed by atoms with Crippen LogP contribution in [0.1, 0.15) is 37.1 Å². The van der Waals surface area contributed by atoms with Crippen molar-refractivity contribution >= 4 is 5.82 Å². The average molecular weight is 408 g/mol. The number of rotatable bonds is 5. The van der Waals surface area contributed by atoms with Crippen LogP contribution in [-0.2, 0) is 19.8 Å². The Morgan fingerprint density at radius 1 is 1.14 bits per heavy atom.